The molecule has 4 aromatic rings. The first kappa shape index (κ1) is 20.0. The summed E-state index contributed by atoms with van der Waals surface area (Å²) in [5, 5.41) is 8.37. The van der Waals surface area contributed by atoms with E-state index in [1.807, 2.05) is 12.4 Å². The van der Waals surface area contributed by atoms with E-state index in [2.05, 4.69) is 88.3 Å². The number of nitrogens with zero attached hydrogens (tertiary/aromatic N) is 3. The van der Waals surface area contributed by atoms with E-state index < -0.39 is 0 Å². The van der Waals surface area contributed by atoms with Gasteiger partial charge in [-0.1, -0.05) is 44.2 Å². The zero-order chi connectivity index (χ0) is 21.4. The number of aromatic nitrogens is 3. The summed E-state index contributed by atoms with van der Waals surface area (Å²) in [6.07, 6.45) is 3.84. The molecule has 0 spiro atoms. The topological polar surface area (TPSA) is 51.0 Å². The number of H-pyrrole nitrogens is 2. The van der Waals surface area contributed by atoms with Crippen molar-refractivity contribution in [2.24, 2.45) is 0 Å². The number of piperazine rings is 1. The molecular weight excluding hydrogens is 382 g/mol. The van der Waals surface area contributed by atoms with Crippen LogP contribution in [0.1, 0.15) is 30.9 Å². The van der Waals surface area contributed by atoms with Gasteiger partial charge in [0.1, 0.15) is 0 Å². The van der Waals surface area contributed by atoms with Crippen LogP contribution in [0.25, 0.3) is 33.3 Å². The molecule has 0 atom stereocenters. The summed E-state index contributed by atoms with van der Waals surface area (Å²) in [6, 6.07) is 15.9. The summed E-state index contributed by atoms with van der Waals surface area (Å²) in [7, 11) is 2.20. The lowest BCUT2D eigenvalue weighted by Gasteiger charge is -2.32. The molecule has 2 N–H and O–H groups in total. The average molecular weight is 414 g/mol. The summed E-state index contributed by atoms with van der Waals surface area (Å²) in [6.45, 7) is 10.2. The maximum absolute atomic E-state index is 4.14. The van der Waals surface area contributed by atoms with Crippen molar-refractivity contribution in [3.63, 3.8) is 0 Å². The van der Waals surface area contributed by atoms with E-state index in [1.165, 1.54) is 38.9 Å². The monoisotopic (exact) mass is 413 g/mol. The van der Waals surface area contributed by atoms with Crippen molar-refractivity contribution >= 4 is 10.9 Å². The van der Waals surface area contributed by atoms with Gasteiger partial charge in [0.15, 0.2) is 0 Å². The van der Waals surface area contributed by atoms with Crippen molar-refractivity contribution in [1.82, 2.24) is 25.0 Å². The molecule has 2 aromatic carbocycles. The number of hydrogen-bond acceptors (Lipinski definition) is 3. The van der Waals surface area contributed by atoms with E-state index in [0.29, 0.717) is 5.92 Å². The lowest BCUT2D eigenvalue weighted by molar-refractivity contribution is 0.148. The number of nitrogens with one attached hydrogen (secondary N) is 2. The molecule has 0 amide bonds. The molecule has 160 valence electrons. The highest BCUT2D eigenvalue weighted by Gasteiger charge is 2.18. The van der Waals surface area contributed by atoms with E-state index in [9.17, 15) is 0 Å². The van der Waals surface area contributed by atoms with Gasteiger partial charge in [-0.25, -0.2) is 0 Å². The average Bonchev–Trinajstić information content (AvgIpc) is 3.43. The Labute approximate surface area is 184 Å². The van der Waals surface area contributed by atoms with Crippen LogP contribution in [0.4, 0.5) is 0 Å². The van der Waals surface area contributed by atoms with E-state index in [4.69, 9.17) is 0 Å². The quantitative estimate of drug-likeness (QED) is 0.479. The van der Waals surface area contributed by atoms with Crippen LogP contribution in [0, 0.1) is 0 Å². The molecule has 1 aliphatic rings. The third-order valence-electron chi connectivity index (χ3n) is 6.49. The molecule has 0 bridgehead atoms. The van der Waals surface area contributed by atoms with Crippen LogP contribution >= 0.6 is 0 Å². The van der Waals surface area contributed by atoms with Gasteiger partial charge in [0.05, 0.1) is 11.9 Å². The maximum Gasteiger partial charge on any atom is 0.0580 e. The summed E-state index contributed by atoms with van der Waals surface area (Å²) < 4.78 is 0. The Morgan fingerprint density at radius 3 is 2.35 bits per heavy atom. The van der Waals surface area contributed by atoms with Crippen LogP contribution in [0.3, 0.4) is 0 Å². The smallest absolute Gasteiger partial charge is 0.0580 e. The molecule has 0 unspecified atom stereocenters. The second-order valence-electron chi connectivity index (χ2n) is 9.09. The minimum Gasteiger partial charge on any atom is -0.354 e. The molecule has 1 fully saturated rings. The van der Waals surface area contributed by atoms with Gasteiger partial charge >= 0.3 is 0 Å². The molecule has 5 nitrogen and oxygen atoms in total. The number of fused-ring (bicyclic) bond motifs is 1. The van der Waals surface area contributed by atoms with E-state index in [0.717, 1.165) is 38.3 Å². The van der Waals surface area contributed by atoms with Crippen molar-refractivity contribution in [3.8, 4) is 22.4 Å². The largest absolute Gasteiger partial charge is 0.354 e. The second-order valence-corrected chi connectivity index (χ2v) is 9.09. The normalized spacial score (nSPS) is 15.9. The van der Waals surface area contributed by atoms with Gasteiger partial charge in [-0.15, -0.1) is 0 Å². The first-order chi connectivity index (χ1) is 15.1. The lowest BCUT2D eigenvalue weighted by Crippen LogP contribution is -2.43. The zero-order valence-corrected chi connectivity index (χ0v) is 18.7. The fourth-order valence-corrected chi connectivity index (χ4v) is 4.67. The third-order valence-corrected chi connectivity index (χ3v) is 6.49. The van der Waals surface area contributed by atoms with Crippen LogP contribution in [0.5, 0.6) is 0 Å². The van der Waals surface area contributed by atoms with Crippen molar-refractivity contribution in [2.75, 3.05) is 33.2 Å². The van der Waals surface area contributed by atoms with Gasteiger partial charge in [-0.05, 0) is 47.4 Å². The van der Waals surface area contributed by atoms with E-state index >= 15 is 0 Å². The fraction of sp³-hybridized carbons (Fsp3) is 0.346. The number of benzene rings is 2. The number of likely N-dealkylation sites (N-methyl/N-ethyl adjacent to an activating group) is 1. The van der Waals surface area contributed by atoms with Crippen LogP contribution in [-0.2, 0) is 6.54 Å². The minimum atomic E-state index is 0.417. The molecule has 1 aliphatic heterocycles. The molecule has 31 heavy (non-hydrogen) atoms. The van der Waals surface area contributed by atoms with E-state index in [1.54, 1.807) is 0 Å². The van der Waals surface area contributed by atoms with Gasteiger partial charge in [0.25, 0.3) is 0 Å². The van der Waals surface area contributed by atoms with Crippen molar-refractivity contribution in [3.05, 3.63) is 66.0 Å². The Morgan fingerprint density at radius 1 is 0.935 bits per heavy atom. The van der Waals surface area contributed by atoms with Crippen LogP contribution in [-0.4, -0.2) is 58.2 Å². The van der Waals surface area contributed by atoms with Gasteiger partial charge in [-0.2, -0.15) is 5.10 Å². The molecule has 0 radical (unpaired) electrons. The minimum absolute atomic E-state index is 0.417. The Morgan fingerprint density at radius 2 is 1.68 bits per heavy atom. The second kappa shape index (κ2) is 8.33. The predicted molar refractivity (Wildman–Crippen MR) is 128 cm³/mol. The number of rotatable bonds is 5. The zero-order valence-electron chi connectivity index (χ0n) is 18.7. The summed E-state index contributed by atoms with van der Waals surface area (Å²) in [4.78, 5) is 8.57. The molecule has 3 heterocycles. The molecule has 0 saturated carbocycles. The Hall–Kier alpha value is -2.89. The SMILES string of the molecule is CC(C)c1c(-c2cn[nH]c2)[nH]c2ccc(-c3ccc(CN4CCN(C)CC4)cc3)cc12. The highest BCUT2D eigenvalue weighted by atomic mass is 15.2. The molecule has 2 aromatic heterocycles. The van der Waals surface area contributed by atoms with Gasteiger partial charge < -0.3 is 9.88 Å². The molecule has 0 aliphatic carbocycles. The lowest BCUT2D eigenvalue weighted by atomic mass is 9.95. The van der Waals surface area contributed by atoms with Crippen molar-refractivity contribution in [1.29, 1.82) is 0 Å². The van der Waals surface area contributed by atoms with Crippen LogP contribution < -0.4 is 0 Å². The standard InChI is InChI=1S/C26H31N5/c1-18(2)25-23-14-21(8-9-24(23)29-26(25)22-15-27-28-16-22)20-6-4-19(5-7-20)17-31-12-10-30(3)11-13-31/h4-9,14-16,18,29H,10-13,17H2,1-3H3,(H,27,28). The van der Waals surface area contributed by atoms with Crippen molar-refractivity contribution < 1.29 is 0 Å². The summed E-state index contributed by atoms with van der Waals surface area (Å²) in [5.74, 6) is 0.417. The number of hydrogen-bond donors (Lipinski definition) is 2. The number of aromatic amines is 2. The van der Waals surface area contributed by atoms with Gasteiger partial charge in [-0.3, -0.25) is 10.00 Å². The Kier molecular flexibility index (Phi) is 5.38. The molecule has 5 heteroatoms. The van der Waals surface area contributed by atoms with Gasteiger partial charge in [0.2, 0.25) is 0 Å². The highest BCUT2D eigenvalue weighted by Crippen LogP contribution is 2.37. The third kappa shape index (κ3) is 4.03. The van der Waals surface area contributed by atoms with E-state index in [-0.39, 0.29) is 0 Å². The maximum atomic E-state index is 4.14. The summed E-state index contributed by atoms with van der Waals surface area (Å²) >= 11 is 0. The first-order valence-corrected chi connectivity index (χ1v) is 11.2. The molecular formula is C26H31N5. The first-order valence-electron chi connectivity index (χ1n) is 11.2. The Balaban J connectivity index is 1.43. The van der Waals surface area contributed by atoms with Gasteiger partial charge in [0, 0.05) is 55.4 Å². The Bertz CT molecular complexity index is 1150. The fourth-order valence-electron chi connectivity index (χ4n) is 4.67. The molecule has 5 rings (SSSR count). The summed E-state index contributed by atoms with van der Waals surface area (Å²) in [5.41, 5.74) is 8.72. The van der Waals surface area contributed by atoms with Crippen LogP contribution in [0.2, 0.25) is 0 Å². The van der Waals surface area contributed by atoms with Crippen LogP contribution in [0.15, 0.2) is 54.9 Å². The molecule has 1 saturated heterocycles. The van der Waals surface area contributed by atoms with Crippen molar-refractivity contribution in [2.45, 2.75) is 26.3 Å². The predicted octanol–water partition coefficient (Wildman–Crippen LogP) is 5.10. The highest BCUT2D eigenvalue weighted by molar-refractivity contribution is 5.94.